The Labute approximate surface area is 165 Å². The van der Waals surface area contributed by atoms with Crippen LogP contribution in [0.3, 0.4) is 0 Å². The molecular formula is C21H24N2O4S. The molecule has 2 aromatic rings. The number of anilines is 1. The van der Waals surface area contributed by atoms with Gasteiger partial charge in [0.05, 0.1) is 23.2 Å². The number of nitrogens with zero attached hydrogens (tertiary/aromatic N) is 2. The van der Waals surface area contributed by atoms with Crippen LogP contribution in [0.5, 0.6) is 5.75 Å². The summed E-state index contributed by atoms with van der Waals surface area (Å²) in [6.07, 6.45) is 1.64. The van der Waals surface area contributed by atoms with E-state index in [1.54, 1.807) is 27.4 Å². The summed E-state index contributed by atoms with van der Waals surface area (Å²) in [7, 11) is -3.67. The summed E-state index contributed by atoms with van der Waals surface area (Å²) in [6.45, 7) is 4.83. The third-order valence-electron chi connectivity index (χ3n) is 5.45. The van der Waals surface area contributed by atoms with E-state index in [-0.39, 0.29) is 16.8 Å². The summed E-state index contributed by atoms with van der Waals surface area (Å²) in [4.78, 5) is 13.6. The Balaban J connectivity index is 1.68. The van der Waals surface area contributed by atoms with Crippen molar-refractivity contribution in [2.24, 2.45) is 0 Å². The van der Waals surface area contributed by atoms with E-state index >= 15 is 0 Å². The van der Waals surface area contributed by atoms with Gasteiger partial charge in [0, 0.05) is 19.5 Å². The highest BCUT2D eigenvalue weighted by molar-refractivity contribution is 7.89. The van der Waals surface area contributed by atoms with Crippen molar-refractivity contribution in [3.63, 3.8) is 0 Å². The van der Waals surface area contributed by atoms with Crippen LogP contribution in [0.2, 0.25) is 0 Å². The second-order valence-corrected chi connectivity index (χ2v) is 9.22. The van der Waals surface area contributed by atoms with Crippen molar-refractivity contribution in [1.82, 2.24) is 4.31 Å². The van der Waals surface area contributed by atoms with Crippen LogP contribution in [0.4, 0.5) is 5.69 Å². The molecule has 1 atom stereocenters. The number of rotatable bonds is 3. The zero-order valence-electron chi connectivity index (χ0n) is 16.1. The molecule has 1 fully saturated rings. The number of amides is 1. The van der Waals surface area contributed by atoms with E-state index in [1.807, 2.05) is 31.2 Å². The molecule has 1 amide bonds. The average molecular weight is 401 g/mol. The molecule has 148 valence electrons. The van der Waals surface area contributed by atoms with Gasteiger partial charge in [0.25, 0.3) is 0 Å². The fourth-order valence-corrected chi connectivity index (χ4v) is 5.67. The largest absolute Gasteiger partial charge is 0.489 e. The summed E-state index contributed by atoms with van der Waals surface area (Å²) >= 11 is 0. The average Bonchev–Trinajstić information content (AvgIpc) is 3.18. The molecular weight excluding hydrogens is 376 g/mol. The normalized spacial score (nSPS) is 19.9. The fraction of sp³-hybridized carbons (Fsp3) is 0.381. The van der Waals surface area contributed by atoms with Crippen molar-refractivity contribution >= 4 is 21.6 Å². The number of carbonyl (C=O) groups excluding carboxylic acids is 1. The SMILES string of the molecule is CC(=O)N1CCOc2cc(S(=O)(=O)N3CCC[C@@H]3c3ccc(C)cc3)ccc21. The van der Waals surface area contributed by atoms with E-state index in [9.17, 15) is 13.2 Å². The van der Waals surface area contributed by atoms with Crippen molar-refractivity contribution in [3.8, 4) is 5.75 Å². The van der Waals surface area contributed by atoms with Gasteiger partial charge in [-0.3, -0.25) is 4.79 Å². The molecule has 0 spiro atoms. The summed E-state index contributed by atoms with van der Waals surface area (Å²) in [5, 5.41) is 0. The smallest absolute Gasteiger partial charge is 0.243 e. The fourth-order valence-electron chi connectivity index (χ4n) is 3.97. The van der Waals surface area contributed by atoms with Crippen LogP contribution in [0, 0.1) is 6.92 Å². The summed E-state index contributed by atoms with van der Waals surface area (Å²) < 4.78 is 34.0. The van der Waals surface area contributed by atoms with E-state index < -0.39 is 10.0 Å². The first kappa shape index (κ1) is 19.0. The lowest BCUT2D eigenvalue weighted by molar-refractivity contribution is -0.116. The van der Waals surface area contributed by atoms with Gasteiger partial charge in [-0.25, -0.2) is 8.42 Å². The maximum absolute atomic E-state index is 13.4. The van der Waals surface area contributed by atoms with Gasteiger partial charge in [-0.2, -0.15) is 4.31 Å². The second kappa shape index (κ2) is 7.22. The highest BCUT2D eigenvalue weighted by Gasteiger charge is 2.37. The molecule has 2 aromatic carbocycles. The van der Waals surface area contributed by atoms with E-state index in [0.717, 1.165) is 24.0 Å². The molecule has 4 rings (SSSR count). The predicted octanol–water partition coefficient (Wildman–Crippen LogP) is 3.27. The van der Waals surface area contributed by atoms with E-state index in [0.29, 0.717) is 31.1 Å². The molecule has 2 aliphatic heterocycles. The lowest BCUT2D eigenvalue weighted by atomic mass is 10.0. The molecule has 6 nitrogen and oxygen atoms in total. The van der Waals surface area contributed by atoms with Gasteiger partial charge in [-0.15, -0.1) is 0 Å². The molecule has 1 saturated heterocycles. The molecule has 2 aliphatic rings. The van der Waals surface area contributed by atoms with Gasteiger partial charge >= 0.3 is 0 Å². The lowest BCUT2D eigenvalue weighted by Crippen LogP contribution is -2.36. The van der Waals surface area contributed by atoms with Gasteiger partial charge in [0.15, 0.2) is 0 Å². The van der Waals surface area contributed by atoms with Gasteiger partial charge in [0.2, 0.25) is 15.9 Å². The zero-order chi connectivity index (χ0) is 19.9. The highest BCUT2D eigenvalue weighted by Crippen LogP contribution is 2.39. The Kier molecular flexibility index (Phi) is 4.89. The summed E-state index contributed by atoms with van der Waals surface area (Å²) in [5.41, 5.74) is 2.79. The topological polar surface area (TPSA) is 66.9 Å². The Morgan fingerprint density at radius 1 is 1.11 bits per heavy atom. The first-order chi connectivity index (χ1) is 13.4. The second-order valence-electron chi connectivity index (χ2n) is 7.33. The minimum absolute atomic E-state index is 0.0841. The van der Waals surface area contributed by atoms with Crippen LogP contribution in [0.1, 0.15) is 36.9 Å². The van der Waals surface area contributed by atoms with Crippen molar-refractivity contribution < 1.29 is 17.9 Å². The van der Waals surface area contributed by atoms with Crippen molar-refractivity contribution in [2.75, 3.05) is 24.6 Å². The number of sulfonamides is 1. The molecule has 7 heteroatoms. The molecule has 0 saturated carbocycles. The quantitative estimate of drug-likeness (QED) is 0.793. The predicted molar refractivity (Wildman–Crippen MR) is 107 cm³/mol. The summed E-state index contributed by atoms with van der Waals surface area (Å²) in [6, 6.07) is 12.7. The monoisotopic (exact) mass is 400 g/mol. The number of hydrogen-bond acceptors (Lipinski definition) is 4. The molecule has 2 heterocycles. The van der Waals surface area contributed by atoms with Crippen LogP contribution >= 0.6 is 0 Å². The van der Waals surface area contributed by atoms with Crippen LogP contribution in [0.25, 0.3) is 0 Å². The third kappa shape index (κ3) is 3.29. The van der Waals surface area contributed by atoms with Crippen molar-refractivity contribution in [3.05, 3.63) is 53.6 Å². The van der Waals surface area contributed by atoms with Gasteiger partial charge in [-0.1, -0.05) is 29.8 Å². The van der Waals surface area contributed by atoms with E-state index in [1.165, 1.54) is 6.92 Å². The minimum atomic E-state index is -3.67. The molecule has 0 aromatic heterocycles. The number of fused-ring (bicyclic) bond motifs is 1. The van der Waals surface area contributed by atoms with E-state index in [2.05, 4.69) is 0 Å². The zero-order valence-corrected chi connectivity index (χ0v) is 16.9. The minimum Gasteiger partial charge on any atom is -0.489 e. The Morgan fingerprint density at radius 3 is 2.57 bits per heavy atom. The number of hydrogen-bond donors (Lipinski definition) is 0. The maximum Gasteiger partial charge on any atom is 0.243 e. The maximum atomic E-state index is 13.4. The molecule has 0 bridgehead atoms. The number of ether oxygens (including phenoxy) is 1. The third-order valence-corrected chi connectivity index (χ3v) is 7.35. The van der Waals surface area contributed by atoms with Crippen molar-refractivity contribution in [1.29, 1.82) is 0 Å². The van der Waals surface area contributed by atoms with Gasteiger partial charge in [-0.05, 0) is 37.5 Å². The molecule has 0 radical (unpaired) electrons. The number of aryl methyl sites for hydroxylation is 1. The Morgan fingerprint density at radius 2 is 1.86 bits per heavy atom. The lowest BCUT2D eigenvalue weighted by Gasteiger charge is -2.30. The van der Waals surface area contributed by atoms with Gasteiger partial charge in [0.1, 0.15) is 12.4 Å². The van der Waals surface area contributed by atoms with Crippen molar-refractivity contribution in [2.45, 2.75) is 37.6 Å². The number of carbonyl (C=O) groups is 1. The van der Waals surface area contributed by atoms with Gasteiger partial charge < -0.3 is 9.64 Å². The Bertz CT molecular complexity index is 1000. The molecule has 0 unspecified atom stereocenters. The molecule has 28 heavy (non-hydrogen) atoms. The van der Waals surface area contributed by atoms with Crippen LogP contribution in [0.15, 0.2) is 47.4 Å². The summed E-state index contributed by atoms with van der Waals surface area (Å²) in [5.74, 6) is 0.354. The first-order valence-electron chi connectivity index (χ1n) is 9.51. The first-order valence-corrected chi connectivity index (χ1v) is 11.0. The van der Waals surface area contributed by atoms with Crippen LogP contribution in [-0.4, -0.2) is 38.3 Å². The van der Waals surface area contributed by atoms with Crippen LogP contribution < -0.4 is 9.64 Å². The Hall–Kier alpha value is -2.38. The highest BCUT2D eigenvalue weighted by atomic mass is 32.2. The van der Waals surface area contributed by atoms with E-state index in [4.69, 9.17) is 4.74 Å². The van der Waals surface area contributed by atoms with Crippen LogP contribution in [-0.2, 0) is 14.8 Å². The standard InChI is InChI=1S/C21H24N2O4S/c1-15-5-7-17(8-6-15)19-4-3-11-23(19)28(25,26)18-9-10-20-21(14-18)27-13-12-22(20)16(2)24/h5-10,14,19H,3-4,11-13H2,1-2H3/t19-/m1/s1. The molecule has 0 aliphatic carbocycles. The number of benzene rings is 2. The molecule has 0 N–H and O–H groups in total.